The number of nitrogens with zero attached hydrogens (tertiary/aromatic N) is 5. The molecule has 0 bridgehead atoms. The predicted octanol–water partition coefficient (Wildman–Crippen LogP) is 4.61. The number of nitrogens with one attached hydrogen (secondary N) is 1. The van der Waals surface area contributed by atoms with Gasteiger partial charge in [0.1, 0.15) is 22.5 Å². The molecule has 2 saturated heterocycles. The third kappa shape index (κ3) is 5.29. The predicted molar refractivity (Wildman–Crippen MR) is 177 cm³/mol. The van der Waals surface area contributed by atoms with E-state index in [9.17, 15) is 18.1 Å². The first-order valence-electron chi connectivity index (χ1n) is 16.3. The Kier molecular flexibility index (Phi) is 7.25. The van der Waals surface area contributed by atoms with Gasteiger partial charge in [0, 0.05) is 55.5 Å². The molecule has 4 heterocycles. The molecule has 9 nitrogen and oxygen atoms in total. The molecule has 1 spiro atoms. The monoisotopic (exact) mass is 678 g/mol. The van der Waals surface area contributed by atoms with Crippen LogP contribution in [0.1, 0.15) is 48.9 Å². The van der Waals surface area contributed by atoms with E-state index in [0.29, 0.717) is 30.9 Å². The van der Waals surface area contributed by atoms with Gasteiger partial charge >= 0.3 is 6.01 Å². The number of anilines is 1. The van der Waals surface area contributed by atoms with E-state index >= 15 is 4.39 Å². The number of rotatable bonds is 8. The Balaban J connectivity index is 1.29. The maximum absolute atomic E-state index is 15.1. The topological polar surface area (TPSA) is 94.1 Å². The SMILES string of the molecule is C#Cc1c(F)ccc2cc(O)cc(C3=Cc4nc(OCC5(CN(C)C)CC5)nc(N5CCC6(CC5)CNC6)c4S(=O)N3C3CC3(F)F)c12. The maximum atomic E-state index is 15.1. The zero-order chi connectivity index (χ0) is 33.6. The molecular formula is C35H37F3N6O3S. The van der Waals surface area contributed by atoms with Crippen LogP contribution in [0, 0.1) is 29.0 Å². The highest BCUT2D eigenvalue weighted by Crippen LogP contribution is 2.53. The molecule has 13 heteroatoms. The number of halogens is 3. The van der Waals surface area contributed by atoms with Crippen molar-refractivity contribution < 1.29 is 27.2 Å². The lowest BCUT2D eigenvalue weighted by atomic mass is 9.73. The summed E-state index contributed by atoms with van der Waals surface area (Å²) in [6.45, 7) is 4.47. The molecule has 2 atom stereocenters. The van der Waals surface area contributed by atoms with Crippen molar-refractivity contribution in [3.63, 3.8) is 0 Å². The van der Waals surface area contributed by atoms with Crippen LogP contribution in [0.5, 0.6) is 11.8 Å². The second-order valence-corrected chi connectivity index (χ2v) is 15.7. The Morgan fingerprint density at radius 2 is 1.90 bits per heavy atom. The van der Waals surface area contributed by atoms with Crippen molar-refractivity contribution in [1.82, 2.24) is 24.5 Å². The van der Waals surface area contributed by atoms with Crippen LogP contribution in [-0.2, 0) is 11.0 Å². The standard InChI is InChI=1S/C35H37F3N6O3S/c1-4-23-25(36)6-5-21-13-22(45)14-24(29(21)23)27-15-26-30(48(46)44(27)28-16-35(28,37)38)31(43-11-9-33(10-12-43)17-39-18-33)41-32(40-26)47-20-34(7-8-34)19-42(2)3/h1,5-6,13-15,28,39,45H,7-12,16-20H2,2-3H3. The van der Waals surface area contributed by atoms with Gasteiger partial charge in [-0.25, -0.2) is 17.4 Å². The first-order valence-corrected chi connectivity index (χ1v) is 17.4. The molecule has 1 aromatic heterocycles. The van der Waals surface area contributed by atoms with Crippen molar-refractivity contribution in [3.05, 3.63) is 46.9 Å². The van der Waals surface area contributed by atoms with Crippen molar-refractivity contribution in [2.45, 2.75) is 49.0 Å². The number of fused-ring (bicyclic) bond motifs is 2. The number of terminal acetylenes is 1. The number of hydrogen-bond acceptors (Lipinski definition) is 8. The van der Waals surface area contributed by atoms with Gasteiger partial charge in [0.05, 0.1) is 23.6 Å². The van der Waals surface area contributed by atoms with Gasteiger partial charge in [0.15, 0.2) is 16.8 Å². The Hall–Kier alpha value is -3.86. The van der Waals surface area contributed by atoms with Gasteiger partial charge in [-0.2, -0.15) is 9.97 Å². The molecule has 2 saturated carbocycles. The minimum absolute atomic E-state index is 0.00793. The summed E-state index contributed by atoms with van der Waals surface area (Å²) in [7, 11) is 1.85. The Morgan fingerprint density at radius 3 is 2.50 bits per heavy atom. The average molecular weight is 679 g/mol. The van der Waals surface area contributed by atoms with Gasteiger partial charge < -0.3 is 25.0 Å². The van der Waals surface area contributed by atoms with Gasteiger partial charge in [0.25, 0.3) is 5.92 Å². The lowest BCUT2D eigenvalue weighted by molar-refractivity contribution is 0.0998. The molecule has 0 radical (unpaired) electrons. The van der Waals surface area contributed by atoms with Crippen molar-refractivity contribution >= 4 is 39.3 Å². The van der Waals surface area contributed by atoms with E-state index in [-0.39, 0.29) is 55.4 Å². The number of phenols is 1. The highest BCUT2D eigenvalue weighted by molar-refractivity contribution is 7.83. The molecule has 3 aliphatic heterocycles. The first kappa shape index (κ1) is 31.4. The van der Waals surface area contributed by atoms with Gasteiger partial charge in [0.2, 0.25) is 0 Å². The average Bonchev–Trinajstić information content (AvgIpc) is 3.94. The summed E-state index contributed by atoms with van der Waals surface area (Å²) >= 11 is 0. The van der Waals surface area contributed by atoms with E-state index in [2.05, 4.69) is 21.0 Å². The third-order valence-corrected chi connectivity index (χ3v) is 12.1. The summed E-state index contributed by atoms with van der Waals surface area (Å²) < 4.78 is 67.2. The summed E-state index contributed by atoms with van der Waals surface area (Å²) in [6.07, 6.45) is 10.7. The molecule has 0 amide bonds. The quantitative estimate of drug-likeness (QED) is 0.334. The summed E-state index contributed by atoms with van der Waals surface area (Å²) in [5.41, 5.74) is 0.682. The van der Waals surface area contributed by atoms with Gasteiger partial charge in [-0.3, -0.25) is 4.31 Å². The normalized spacial score (nSPS) is 24.6. The number of ether oxygens (including phenoxy) is 1. The molecule has 3 aromatic rings. The Bertz CT molecular complexity index is 1930. The smallest absolute Gasteiger partial charge is 0.319 e. The minimum Gasteiger partial charge on any atom is -0.508 e. The number of benzene rings is 2. The third-order valence-electron chi connectivity index (χ3n) is 10.5. The lowest BCUT2D eigenvalue weighted by Gasteiger charge is -2.49. The molecule has 8 rings (SSSR count). The molecule has 2 unspecified atom stereocenters. The highest BCUT2D eigenvalue weighted by Gasteiger charge is 2.63. The van der Waals surface area contributed by atoms with Crippen LogP contribution in [-0.4, -0.2) is 93.9 Å². The molecule has 48 heavy (non-hydrogen) atoms. The van der Waals surface area contributed by atoms with Crippen LogP contribution in [0.4, 0.5) is 19.0 Å². The fourth-order valence-corrected chi connectivity index (χ4v) is 9.10. The van der Waals surface area contributed by atoms with Crippen molar-refractivity contribution in [2.75, 3.05) is 58.3 Å². The van der Waals surface area contributed by atoms with Crippen LogP contribution >= 0.6 is 0 Å². The van der Waals surface area contributed by atoms with Crippen LogP contribution in [0.2, 0.25) is 0 Å². The van der Waals surface area contributed by atoms with Crippen molar-refractivity contribution in [3.8, 4) is 24.1 Å². The fraction of sp³-hybridized carbons (Fsp3) is 0.486. The molecule has 5 aliphatic rings. The number of alkyl halides is 2. The first-order chi connectivity index (χ1) is 22.9. The summed E-state index contributed by atoms with van der Waals surface area (Å²) in [5.74, 6) is -1.16. The van der Waals surface area contributed by atoms with Crippen molar-refractivity contribution in [2.24, 2.45) is 10.8 Å². The largest absolute Gasteiger partial charge is 0.508 e. The fourth-order valence-electron chi connectivity index (χ4n) is 7.50. The number of hydrogen-bond donors (Lipinski definition) is 2. The van der Waals surface area contributed by atoms with Crippen LogP contribution in [0.15, 0.2) is 29.2 Å². The van der Waals surface area contributed by atoms with Crippen LogP contribution < -0.4 is 15.0 Å². The number of aromatic hydroxyl groups is 1. The second kappa shape index (κ2) is 11.1. The molecule has 2 N–H and O–H groups in total. The van der Waals surface area contributed by atoms with Gasteiger partial charge in [-0.1, -0.05) is 12.0 Å². The summed E-state index contributed by atoms with van der Waals surface area (Å²) in [5, 5.41) is 14.8. The second-order valence-electron chi connectivity index (χ2n) is 14.4. The molecule has 2 aliphatic carbocycles. The summed E-state index contributed by atoms with van der Waals surface area (Å²) in [4.78, 5) is 14.0. The highest BCUT2D eigenvalue weighted by atomic mass is 32.2. The Labute approximate surface area is 279 Å². The van der Waals surface area contributed by atoms with Gasteiger partial charge in [-0.05, 0) is 74.9 Å². The lowest BCUT2D eigenvalue weighted by Crippen LogP contribution is -2.58. The molecular weight excluding hydrogens is 641 g/mol. The van der Waals surface area contributed by atoms with E-state index in [1.165, 1.54) is 28.6 Å². The zero-order valence-electron chi connectivity index (χ0n) is 26.9. The van der Waals surface area contributed by atoms with E-state index in [0.717, 1.165) is 45.3 Å². The number of piperidine rings is 1. The minimum atomic E-state index is -3.11. The molecule has 2 aromatic carbocycles. The number of phenolic OH excluding ortho intramolecular Hbond substituents is 1. The maximum Gasteiger partial charge on any atom is 0.319 e. The molecule has 252 valence electrons. The van der Waals surface area contributed by atoms with E-state index < -0.39 is 35.2 Å². The number of aromatic nitrogens is 2. The zero-order valence-corrected chi connectivity index (χ0v) is 27.7. The van der Waals surface area contributed by atoms with Crippen LogP contribution in [0.25, 0.3) is 22.5 Å². The Morgan fingerprint density at radius 1 is 1.17 bits per heavy atom. The van der Waals surface area contributed by atoms with Crippen molar-refractivity contribution in [1.29, 1.82) is 0 Å². The van der Waals surface area contributed by atoms with E-state index in [4.69, 9.17) is 21.1 Å². The molecule has 4 fully saturated rings. The van der Waals surface area contributed by atoms with Crippen LogP contribution in [0.3, 0.4) is 0 Å². The van der Waals surface area contributed by atoms with E-state index in [1.54, 1.807) is 6.08 Å². The van der Waals surface area contributed by atoms with E-state index in [1.807, 2.05) is 14.1 Å². The summed E-state index contributed by atoms with van der Waals surface area (Å²) in [6, 6.07) is 4.16. The van der Waals surface area contributed by atoms with Gasteiger partial charge in [-0.15, -0.1) is 6.42 Å².